The Bertz CT molecular complexity index is 687. The van der Waals surface area contributed by atoms with Gasteiger partial charge in [0.15, 0.2) is 0 Å². The summed E-state index contributed by atoms with van der Waals surface area (Å²) in [6.45, 7) is 5.78. The molecule has 1 N–H and O–H groups in total. The van der Waals surface area contributed by atoms with Crippen molar-refractivity contribution >= 4 is 0 Å². The van der Waals surface area contributed by atoms with Crippen LogP contribution in [0.2, 0.25) is 0 Å². The number of benzene rings is 1. The highest BCUT2D eigenvalue weighted by atomic mass is 16.5. The highest BCUT2D eigenvalue weighted by Crippen LogP contribution is 2.66. The van der Waals surface area contributed by atoms with Crippen molar-refractivity contribution < 1.29 is 9.84 Å². The highest BCUT2D eigenvalue weighted by molar-refractivity contribution is 5.14. The number of hydrogen-bond acceptors (Lipinski definition) is 2. The molecule has 0 aromatic heterocycles. The number of aliphatic hydroxyl groups is 1. The van der Waals surface area contributed by atoms with Gasteiger partial charge in [-0.05, 0) is 97.9 Å². The van der Waals surface area contributed by atoms with Crippen LogP contribution in [0.5, 0.6) is 0 Å². The second kappa shape index (κ2) is 7.13. The van der Waals surface area contributed by atoms with Gasteiger partial charge in [0.1, 0.15) is 0 Å². The smallest absolute Gasteiger partial charge is 0.0720 e. The Kier molecular flexibility index (Phi) is 4.87. The molecule has 8 atom stereocenters. The molecule has 0 aliphatic heterocycles. The summed E-state index contributed by atoms with van der Waals surface area (Å²) in [5, 5.41) is 10.6. The van der Waals surface area contributed by atoms with Crippen LogP contribution in [0, 0.1) is 34.5 Å². The summed E-state index contributed by atoms with van der Waals surface area (Å²) >= 11 is 0. The van der Waals surface area contributed by atoms with E-state index in [1.54, 1.807) is 0 Å². The van der Waals surface area contributed by atoms with Gasteiger partial charge >= 0.3 is 0 Å². The molecule has 0 spiro atoms. The summed E-state index contributed by atoms with van der Waals surface area (Å²) in [7, 11) is 0. The van der Waals surface area contributed by atoms with E-state index in [9.17, 15) is 5.11 Å². The molecule has 0 radical (unpaired) electrons. The third-order valence-electron chi connectivity index (χ3n) is 9.90. The van der Waals surface area contributed by atoms with Crippen molar-refractivity contribution in [1.29, 1.82) is 0 Å². The minimum Gasteiger partial charge on any atom is -0.393 e. The van der Waals surface area contributed by atoms with Crippen LogP contribution in [0.25, 0.3) is 0 Å². The van der Waals surface area contributed by atoms with Gasteiger partial charge in [-0.2, -0.15) is 0 Å². The molecule has 4 aliphatic carbocycles. The van der Waals surface area contributed by atoms with E-state index in [0.717, 1.165) is 36.7 Å². The summed E-state index contributed by atoms with van der Waals surface area (Å²) in [5.41, 5.74) is 2.01. The van der Waals surface area contributed by atoms with Crippen molar-refractivity contribution in [3.05, 3.63) is 35.9 Å². The van der Waals surface area contributed by atoms with Gasteiger partial charge < -0.3 is 9.84 Å². The van der Waals surface area contributed by atoms with Gasteiger partial charge in [-0.1, -0.05) is 44.2 Å². The van der Waals surface area contributed by atoms with E-state index < -0.39 is 0 Å². The predicted molar refractivity (Wildman–Crippen MR) is 113 cm³/mol. The first-order valence-electron chi connectivity index (χ1n) is 11.8. The zero-order valence-corrected chi connectivity index (χ0v) is 17.8. The standard InChI is InChI=1S/C26H38O2/c1-25-14-12-20(28-17-18-6-4-3-5-7-18)16-19(25)8-9-21-22-10-11-24(27)26(22,2)15-13-23(21)25/h3-7,19-24,27H,8-17H2,1-2H3. The van der Waals surface area contributed by atoms with Crippen molar-refractivity contribution in [2.24, 2.45) is 34.5 Å². The number of fused-ring (bicyclic) bond motifs is 5. The third kappa shape index (κ3) is 2.98. The lowest BCUT2D eigenvalue weighted by Gasteiger charge is -2.60. The van der Waals surface area contributed by atoms with E-state index in [-0.39, 0.29) is 11.5 Å². The Morgan fingerprint density at radius 2 is 1.64 bits per heavy atom. The topological polar surface area (TPSA) is 29.5 Å². The van der Waals surface area contributed by atoms with Crippen LogP contribution in [0.15, 0.2) is 30.3 Å². The van der Waals surface area contributed by atoms with Crippen molar-refractivity contribution in [2.45, 2.75) is 90.4 Å². The fraction of sp³-hybridized carbons (Fsp3) is 0.769. The lowest BCUT2D eigenvalue weighted by Crippen LogP contribution is -2.54. The lowest BCUT2D eigenvalue weighted by molar-refractivity contribution is -0.142. The van der Waals surface area contributed by atoms with E-state index in [0.29, 0.717) is 11.5 Å². The van der Waals surface area contributed by atoms with Crippen molar-refractivity contribution in [3.63, 3.8) is 0 Å². The summed E-state index contributed by atoms with van der Waals surface area (Å²) in [5.74, 6) is 3.34. The molecule has 8 unspecified atom stereocenters. The molecule has 2 heteroatoms. The van der Waals surface area contributed by atoms with Gasteiger partial charge in [-0.25, -0.2) is 0 Å². The van der Waals surface area contributed by atoms with Crippen LogP contribution in [0.3, 0.4) is 0 Å². The maximum Gasteiger partial charge on any atom is 0.0720 e. The minimum absolute atomic E-state index is 0.0499. The first-order valence-corrected chi connectivity index (χ1v) is 11.8. The van der Waals surface area contributed by atoms with Crippen LogP contribution < -0.4 is 0 Å². The quantitative estimate of drug-likeness (QED) is 0.697. The molecule has 154 valence electrons. The summed E-state index contributed by atoms with van der Waals surface area (Å²) < 4.78 is 6.37. The lowest BCUT2D eigenvalue weighted by atomic mass is 9.45. The molecule has 28 heavy (non-hydrogen) atoms. The molecular formula is C26H38O2. The summed E-state index contributed by atoms with van der Waals surface area (Å²) in [6.07, 6.45) is 11.9. The minimum atomic E-state index is -0.0499. The van der Waals surface area contributed by atoms with Crippen LogP contribution in [0.1, 0.15) is 77.2 Å². The number of ether oxygens (including phenoxy) is 1. The molecule has 1 aromatic carbocycles. The maximum atomic E-state index is 10.6. The highest BCUT2D eigenvalue weighted by Gasteiger charge is 2.60. The van der Waals surface area contributed by atoms with E-state index in [1.807, 2.05) is 0 Å². The molecule has 1 aromatic rings. The molecule has 4 saturated carbocycles. The monoisotopic (exact) mass is 382 g/mol. The SMILES string of the molecule is CC12CCC3C(CCC4CC(OCc5ccccc5)CCC43C)C1CCC2O. The van der Waals surface area contributed by atoms with E-state index in [1.165, 1.54) is 56.9 Å². The average Bonchev–Trinajstić information content (AvgIpc) is 3.02. The van der Waals surface area contributed by atoms with Crippen molar-refractivity contribution in [2.75, 3.05) is 0 Å². The molecule has 0 heterocycles. The van der Waals surface area contributed by atoms with E-state index in [2.05, 4.69) is 44.2 Å². The van der Waals surface area contributed by atoms with Gasteiger partial charge in [-0.15, -0.1) is 0 Å². The second-order valence-corrected chi connectivity index (χ2v) is 11.0. The fourth-order valence-electron chi connectivity index (χ4n) is 8.13. The number of rotatable bonds is 3. The van der Waals surface area contributed by atoms with Crippen molar-refractivity contribution in [1.82, 2.24) is 0 Å². The molecule has 4 aliphatic rings. The van der Waals surface area contributed by atoms with Crippen molar-refractivity contribution in [3.8, 4) is 0 Å². The van der Waals surface area contributed by atoms with Gasteiger partial charge in [0, 0.05) is 0 Å². The second-order valence-electron chi connectivity index (χ2n) is 11.0. The molecule has 0 saturated heterocycles. The molecule has 0 bridgehead atoms. The van der Waals surface area contributed by atoms with E-state index >= 15 is 0 Å². The number of aliphatic hydroxyl groups excluding tert-OH is 1. The molecular weight excluding hydrogens is 344 g/mol. The molecule has 0 amide bonds. The zero-order valence-electron chi connectivity index (χ0n) is 17.8. The van der Waals surface area contributed by atoms with Gasteiger partial charge in [0.25, 0.3) is 0 Å². The van der Waals surface area contributed by atoms with Gasteiger partial charge in [0.05, 0.1) is 18.8 Å². The summed E-state index contributed by atoms with van der Waals surface area (Å²) in [4.78, 5) is 0. The Hall–Kier alpha value is -0.860. The molecule has 4 fully saturated rings. The Morgan fingerprint density at radius 1 is 0.893 bits per heavy atom. The fourth-order valence-corrected chi connectivity index (χ4v) is 8.13. The Labute approximate surface area is 171 Å². The Balaban J connectivity index is 1.26. The van der Waals surface area contributed by atoms with Crippen LogP contribution in [-0.4, -0.2) is 17.3 Å². The Morgan fingerprint density at radius 3 is 2.46 bits per heavy atom. The number of hydrogen-bond donors (Lipinski definition) is 1. The average molecular weight is 383 g/mol. The zero-order chi connectivity index (χ0) is 19.4. The normalized spacial score (nSPS) is 47.8. The molecule has 5 rings (SSSR count). The van der Waals surface area contributed by atoms with E-state index in [4.69, 9.17) is 4.74 Å². The van der Waals surface area contributed by atoms with Gasteiger partial charge in [-0.3, -0.25) is 0 Å². The first-order chi connectivity index (χ1) is 13.5. The van der Waals surface area contributed by atoms with Crippen LogP contribution in [0.4, 0.5) is 0 Å². The third-order valence-corrected chi connectivity index (χ3v) is 9.90. The maximum absolute atomic E-state index is 10.6. The predicted octanol–water partition coefficient (Wildman–Crippen LogP) is 5.98. The van der Waals surface area contributed by atoms with Crippen LogP contribution >= 0.6 is 0 Å². The van der Waals surface area contributed by atoms with Gasteiger partial charge in [0.2, 0.25) is 0 Å². The molecule has 2 nitrogen and oxygen atoms in total. The van der Waals surface area contributed by atoms with Crippen LogP contribution in [-0.2, 0) is 11.3 Å². The largest absolute Gasteiger partial charge is 0.393 e. The first kappa shape index (κ1) is 19.1. The summed E-state index contributed by atoms with van der Waals surface area (Å²) in [6, 6.07) is 10.6.